The number of halogens is 3. The van der Waals surface area contributed by atoms with E-state index >= 15 is 0 Å². The van der Waals surface area contributed by atoms with E-state index in [-0.39, 0.29) is 31.7 Å². The van der Waals surface area contributed by atoms with Gasteiger partial charge in [0.05, 0.1) is 18.2 Å². The Bertz CT molecular complexity index is 1410. The van der Waals surface area contributed by atoms with Crippen molar-refractivity contribution in [1.82, 2.24) is 15.1 Å². The molecule has 3 amide bonds. The zero-order chi connectivity index (χ0) is 30.8. The van der Waals surface area contributed by atoms with Gasteiger partial charge in [-0.05, 0) is 23.3 Å². The van der Waals surface area contributed by atoms with Gasteiger partial charge in [-0.2, -0.15) is 13.2 Å². The number of β-lactam (4-membered cyclic amide) rings is 1. The number of aldehydes is 1. The largest absolute Gasteiger partial charge is 0.448 e. The van der Waals surface area contributed by atoms with E-state index in [1.165, 1.54) is 21.9 Å². The van der Waals surface area contributed by atoms with Crippen LogP contribution in [0.2, 0.25) is 0 Å². The normalized spacial score (nSPS) is 18.8. The van der Waals surface area contributed by atoms with Crippen LogP contribution in [0.1, 0.15) is 23.1 Å². The van der Waals surface area contributed by atoms with Crippen LogP contribution in [0.25, 0.3) is 6.08 Å². The molecule has 5 rings (SSSR count). The van der Waals surface area contributed by atoms with E-state index in [4.69, 9.17) is 4.74 Å². The predicted molar refractivity (Wildman–Crippen MR) is 152 cm³/mol. The highest BCUT2D eigenvalue weighted by Crippen LogP contribution is 2.32. The molecule has 43 heavy (non-hydrogen) atoms. The predicted octanol–water partition coefficient (Wildman–Crippen LogP) is 4.71. The topological polar surface area (TPSA) is 96.0 Å². The Morgan fingerprint density at radius 2 is 1.63 bits per heavy atom. The summed E-state index contributed by atoms with van der Waals surface area (Å²) in [5.41, 5.74) is 0.180. The summed E-state index contributed by atoms with van der Waals surface area (Å²) in [6.45, 7) is 0.109. The monoisotopic (exact) mass is 593 g/mol. The second kappa shape index (κ2) is 14.3. The van der Waals surface area contributed by atoms with Crippen molar-refractivity contribution in [1.29, 1.82) is 0 Å². The van der Waals surface area contributed by atoms with Crippen LogP contribution in [0, 0.1) is 0 Å². The zero-order valence-corrected chi connectivity index (χ0v) is 23.0. The first-order chi connectivity index (χ1) is 20.7. The summed E-state index contributed by atoms with van der Waals surface area (Å²) in [4.78, 5) is 52.4. The highest BCUT2D eigenvalue weighted by molar-refractivity contribution is 5.98. The number of rotatable bonds is 9. The van der Waals surface area contributed by atoms with Gasteiger partial charge in [-0.25, -0.2) is 4.79 Å². The molecule has 2 aliphatic rings. The molecule has 2 aliphatic heterocycles. The van der Waals surface area contributed by atoms with Crippen molar-refractivity contribution in [3.8, 4) is 0 Å². The molecular weight excluding hydrogens is 563 g/mol. The maximum Gasteiger partial charge on any atom is 0.416 e. The van der Waals surface area contributed by atoms with E-state index in [0.29, 0.717) is 6.29 Å². The number of nitrogens with one attached hydrogen (secondary N) is 1. The Hall–Kier alpha value is -4.93. The quantitative estimate of drug-likeness (QED) is 0.287. The minimum Gasteiger partial charge on any atom is -0.448 e. The van der Waals surface area contributed by atoms with Gasteiger partial charge in [-0.3, -0.25) is 14.5 Å². The van der Waals surface area contributed by atoms with E-state index in [1.54, 1.807) is 12.2 Å². The number of alkyl halides is 3. The van der Waals surface area contributed by atoms with Crippen LogP contribution < -0.4 is 5.32 Å². The van der Waals surface area contributed by atoms with Crippen molar-refractivity contribution in [2.75, 3.05) is 13.2 Å². The number of hydrogen-bond donors (Lipinski definition) is 1. The number of amides is 3. The molecule has 0 bridgehead atoms. The van der Waals surface area contributed by atoms with Crippen LogP contribution in [0.4, 0.5) is 18.0 Å². The molecule has 0 saturated carbocycles. The number of benzene rings is 3. The van der Waals surface area contributed by atoms with Gasteiger partial charge in [0, 0.05) is 13.0 Å². The fraction of sp³-hybridized carbons (Fsp3) is 0.250. The highest BCUT2D eigenvalue weighted by atomic mass is 19.4. The molecule has 224 valence electrons. The maximum atomic E-state index is 13.2. The van der Waals surface area contributed by atoms with Gasteiger partial charge in [0.1, 0.15) is 25.0 Å². The van der Waals surface area contributed by atoms with Crippen LogP contribution in [0.5, 0.6) is 0 Å². The summed E-state index contributed by atoms with van der Waals surface area (Å²) < 4.78 is 44.0. The van der Waals surface area contributed by atoms with Gasteiger partial charge >= 0.3 is 12.3 Å². The molecule has 3 aromatic rings. The highest BCUT2D eigenvalue weighted by Gasteiger charge is 2.55. The van der Waals surface area contributed by atoms with Crippen molar-refractivity contribution >= 4 is 30.3 Å². The fourth-order valence-electron chi connectivity index (χ4n) is 4.81. The average molecular weight is 594 g/mol. The first-order valence-corrected chi connectivity index (χ1v) is 13.6. The molecule has 8 nitrogen and oxygen atoms in total. The third kappa shape index (κ3) is 7.88. The summed E-state index contributed by atoms with van der Waals surface area (Å²) in [5.74, 6) is -1.22. The van der Waals surface area contributed by atoms with Crippen molar-refractivity contribution < 1.29 is 37.1 Å². The van der Waals surface area contributed by atoms with Gasteiger partial charge in [0.25, 0.3) is 0 Å². The van der Waals surface area contributed by atoms with Crippen LogP contribution in [-0.4, -0.2) is 65.3 Å². The molecule has 2 heterocycles. The van der Waals surface area contributed by atoms with Gasteiger partial charge in [0.15, 0.2) is 0 Å². The number of cyclic esters (lactones) is 1. The van der Waals surface area contributed by atoms with E-state index < -0.39 is 47.8 Å². The second-order valence-electron chi connectivity index (χ2n) is 9.75. The lowest BCUT2D eigenvalue weighted by Crippen LogP contribution is -2.74. The molecule has 0 unspecified atom stereocenters. The lowest BCUT2D eigenvalue weighted by atomic mass is 9.89. The Morgan fingerprint density at radius 3 is 2.21 bits per heavy atom. The molecule has 2 fully saturated rings. The number of carbonyl (C=O) groups is 4. The standard InChI is InChI=1S/C26H24F3N3O5.C6H6/c27-26(28,29)19-8-4-7-18(15-19)16-30-23(34)21(11-13-33)32-20(10-9-17-5-2-1-3-6-17)22(24(32)35)31-12-14-37-25(31)36;1-2-4-6-5-3-1/h1-10,13,15,20-22H,11-12,14,16H2,(H,30,34);1-6H/b10-9+;/t20-,21+,22+;/m1./s1. The van der Waals surface area contributed by atoms with Gasteiger partial charge < -0.3 is 19.7 Å². The molecule has 0 radical (unpaired) electrons. The molecule has 3 atom stereocenters. The maximum absolute atomic E-state index is 13.2. The third-order valence-corrected chi connectivity index (χ3v) is 6.91. The van der Waals surface area contributed by atoms with Crippen molar-refractivity contribution in [3.63, 3.8) is 0 Å². The molecular formula is C32H30F3N3O5. The van der Waals surface area contributed by atoms with Crippen molar-refractivity contribution in [2.45, 2.75) is 37.3 Å². The summed E-state index contributed by atoms with van der Waals surface area (Å²) >= 11 is 0. The zero-order valence-electron chi connectivity index (χ0n) is 23.0. The molecule has 3 aromatic carbocycles. The summed E-state index contributed by atoms with van der Waals surface area (Å²) in [6, 6.07) is 22.8. The van der Waals surface area contributed by atoms with Crippen LogP contribution in [0.3, 0.4) is 0 Å². The minimum atomic E-state index is -4.53. The Kier molecular flexibility index (Phi) is 10.3. The molecule has 0 spiro atoms. The van der Waals surface area contributed by atoms with Crippen LogP contribution in [0.15, 0.2) is 97.1 Å². The van der Waals surface area contributed by atoms with Crippen molar-refractivity contribution in [2.24, 2.45) is 0 Å². The average Bonchev–Trinajstić information content (AvgIpc) is 3.43. The Balaban J connectivity index is 0.000000628. The van der Waals surface area contributed by atoms with E-state index in [0.717, 1.165) is 17.7 Å². The third-order valence-electron chi connectivity index (χ3n) is 6.91. The molecule has 11 heteroatoms. The fourth-order valence-corrected chi connectivity index (χ4v) is 4.81. The minimum absolute atomic E-state index is 0.132. The lowest BCUT2D eigenvalue weighted by Gasteiger charge is -2.51. The van der Waals surface area contributed by atoms with Crippen LogP contribution in [-0.2, 0) is 31.8 Å². The second-order valence-corrected chi connectivity index (χ2v) is 9.75. The number of carbonyl (C=O) groups excluding carboxylic acids is 4. The number of nitrogens with zero attached hydrogens (tertiary/aromatic N) is 2. The van der Waals surface area contributed by atoms with Crippen molar-refractivity contribution in [3.05, 3.63) is 114 Å². The molecule has 0 aliphatic carbocycles. The number of likely N-dealkylation sites (tertiary alicyclic amines) is 1. The number of ether oxygens (including phenoxy) is 1. The molecule has 0 aromatic heterocycles. The molecule has 1 N–H and O–H groups in total. The van der Waals surface area contributed by atoms with Gasteiger partial charge in [0.2, 0.25) is 11.8 Å². The van der Waals surface area contributed by atoms with Gasteiger partial charge in [-0.15, -0.1) is 0 Å². The summed E-state index contributed by atoms with van der Waals surface area (Å²) in [6.07, 6.45) is -1.57. The summed E-state index contributed by atoms with van der Waals surface area (Å²) in [7, 11) is 0. The lowest BCUT2D eigenvalue weighted by molar-refractivity contribution is -0.162. The van der Waals surface area contributed by atoms with E-state index in [2.05, 4.69) is 5.32 Å². The summed E-state index contributed by atoms with van der Waals surface area (Å²) in [5, 5.41) is 2.53. The molecule has 2 saturated heterocycles. The van der Waals surface area contributed by atoms with E-state index in [1.807, 2.05) is 66.7 Å². The van der Waals surface area contributed by atoms with Gasteiger partial charge in [-0.1, -0.05) is 91.0 Å². The Labute approximate surface area is 246 Å². The SMILES string of the molecule is O=CC[C@@H](C(=O)NCc1cccc(C(F)(F)F)c1)N1C(=O)[C@@H](N2CCOC2=O)[C@H]1/C=C/c1ccccc1.c1ccccc1. The first-order valence-electron chi connectivity index (χ1n) is 13.6. The Morgan fingerprint density at radius 1 is 0.977 bits per heavy atom. The number of hydrogen-bond acceptors (Lipinski definition) is 5. The van der Waals surface area contributed by atoms with Crippen LogP contribution >= 0.6 is 0 Å². The van der Waals surface area contributed by atoms with E-state index in [9.17, 15) is 32.3 Å². The first kappa shape index (κ1) is 31.0. The smallest absolute Gasteiger partial charge is 0.416 e.